The van der Waals surface area contributed by atoms with Crippen molar-refractivity contribution in [2.75, 3.05) is 32.9 Å². The summed E-state index contributed by atoms with van der Waals surface area (Å²) in [5, 5.41) is 14.2. The van der Waals surface area contributed by atoms with Gasteiger partial charge in [-0.05, 0) is 48.1 Å². The monoisotopic (exact) mass is 574 g/mol. The molecule has 11 heteroatoms. The Morgan fingerprint density at radius 3 is 2.70 bits per heavy atom. The van der Waals surface area contributed by atoms with E-state index >= 15 is 0 Å². The van der Waals surface area contributed by atoms with Gasteiger partial charge >= 0.3 is 6.09 Å². The van der Waals surface area contributed by atoms with Crippen LogP contribution in [-0.2, 0) is 37.1 Å². The van der Waals surface area contributed by atoms with Crippen LogP contribution in [0.4, 0.5) is 4.79 Å². The van der Waals surface area contributed by atoms with Gasteiger partial charge in [-0.2, -0.15) is 4.31 Å². The van der Waals surface area contributed by atoms with E-state index in [9.17, 15) is 18.3 Å². The molecule has 2 aromatic rings. The fourth-order valence-electron chi connectivity index (χ4n) is 5.51. The summed E-state index contributed by atoms with van der Waals surface area (Å²) in [5.41, 5.74) is 1.74. The number of fused-ring (bicyclic) bond motifs is 2. The molecule has 2 fully saturated rings. The van der Waals surface area contributed by atoms with Crippen LogP contribution in [-0.4, -0.2) is 81.4 Å². The smallest absolute Gasteiger partial charge is 0.407 e. The number of nitrogens with one attached hydrogen (secondary N) is 1. The molecule has 5 rings (SSSR count). The number of rotatable bonds is 11. The molecule has 3 unspecified atom stereocenters. The van der Waals surface area contributed by atoms with Gasteiger partial charge in [0.25, 0.3) is 0 Å². The Hall–Kier alpha value is -2.70. The first-order chi connectivity index (χ1) is 19.2. The minimum atomic E-state index is -3.93. The van der Waals surface area contributed by atoms with Crippen molar-refractivity contribution < 1.29 is 37.3 Å². The third kappa shape index (κ3) is 6.60. The van der Waals surface area contributed by atoms with Crippen LogP contribution in [0.2, 0.25) is 0 Å². The largest absolute Gasteiger partial charge is 0.493 e. The molecule has 2 aromatic carbocycles. The summed E-state index contributed by atoms with van der Waals surface area (Å²) in [6, 6.07) is 13.5. The van der Waals surface area contributed by atoms with Gasteiger partial charge in [-0.3, -0.25) is 0 Å². The maximum atomic E-state index is 13.8. The van der Waals surface area contributed by atoms with Crippen LogP contribution in [0.25, 0.3) is 0 Å². The van der Waals surface area contributed by atoms with E-state index < -0.39 is 34.4 Å². The molecule has 5 atom stereocenters. The number of carbonyl (C=O) groups excluding carboxylic acids is 1. The Bertz CT molecular complexity index is 1270. The first-order valence-electron chi connectivity index (χ1n) is 13.9. The van der Waals surface area contributed by atoms with E-state index in [-0.39, 0.29) is 42.7 Å². The van der Waals surface area contributed by atoms with Gasteiger partial charge in [0.2, 0.25) is 10.0 Å². The van der Waals surface area contributed by atoms with Crippen molar-refractivity contribution in [2.24, 2.45) is 11.8 Å². The number of alkyl carbamates (subject to hydrolysis) is 1. The maximum Gasteiger partial charge on any atom is 0.407 e. The van der Waals surface area contributed by atoms with Crippen LogP contribution in [0.1, 0.15) is 31.4 Å². The minimum Gasteiger partial charge on any atom is -0.493 e. The number of carbonyl (C=O) groups is 1. The van der Waals surface area contributed by atoms with E-state index in [4.69, 9.17) is 18.9 Å². The van der Waals surface area contributed by atoms with E-state index in [1.54, 1.807) is 18.2 Å². The molecular weight excluding hydrogens is 536 g/mol. The average molecular weight is 575 g/mol. The van der Waals surface area contributed by atoms with Crippen molar-refractivity contribution in [3.63, 3.8) is 0 Å². The molecule has 2 saturated heterocycles. The predicted octanol–water partition coefficient (Wildman–Crippen LogP) is 2.73. The lowest BCUT2D eigenvalue weighted by Crippen LogP contribution is -2.51. The normalized spacial score (nSPS) is 23.5. The highest BCUT2D eigenvalue weighted by Gasteiger charge is 2.44. The van der Waals surface area contributed by atoms with Crippen molar-refractivity contribution in [3.05, 3.63) is 59.7 Å². The second-order valence-electron chi connectivity index (χ2n) is 11.1. The summed E-state index contributed by atoms with van der Waals surface area (Å²) < 4.78 is 51.2. The topological polar surface area (TPSA) is 124 Å². The molecule has 0 spiro atoms. The number of aliphatic hydroxyl groups excluding tert-OH is 1. The first-order valence-corrected chi connectivity index (χ1v) is 15.3. The SMILES string of the molecule is CC(C)CN(C[C@@H](O)[C@H](Cc1ccccc1)NC(=O)OC1COC2OCCC12)S(=O)(=O)c1ccc2c(c1)CCO2. The Kier molecular flexibility index (Phi) is 8.96. The predicted molar refractivity (Wildman–Crippen MR) is 146 cm³/mol. The molecule has 10 nitrogen and oxygen atoms in total. The highest BCUT2D eigenvalue weighted by Crippen LogP contribution is 2.33. The Labute approximate surface area is 235 Å². The zero-order valence-corrected chi connectivity index (χ0v) is 23.7. The van der Waals surface area contributed by atoms with Crippen LogP contribution in [0.3, 0.4) is 0 Å². The van der Waals surface area contributed by atoms with Crippen molar-refractivity contribution in [1.29, 1.82) is 0 Å². The fourth-order valence-corrected chi connectivity index (χ4v) is 7.18. The van der Waals surface area contributed by atoms with Crippen LogP contribution in [0, 0.1) is 11.8 Å². The number of hydrogen-bond donors (Lipinski definition) is 2. The molecule has 0 aliphatic carbocycles. The highest BCUT2D eigenvalue weighted by molar-refractivity contribution is 7.89. The molecule has 0 saturated carbocycles. The van der Waals surface area contributed by atoms with Gasteiger partial charge < -0.3 is 29.4 Å². The summed E-state index contributed by atoms with van der Waals surface area (Å²) in [6.07, 6.45) is -1.00. The van der Waals surface area contributed by atoms with Gasteiger partial charge in [-0.15, -0.1) is 0 Å². The lowest BCUT2D eigenvalue weighted by molar-refractivity contribution is -0.0907. The summed E-state index contributed by atoms with van der Waals surface area (Å²) in [6.45, 7) is 5.19. The lowest BCUT2D eigenvalue weighted by atomic mass is 10.0. The highest BCUT2D eigenvalue weighted by atomic mass is 32.2. The summed E-state index contributed by atoms with van der Waals surface area (Å²) in [7, 11) is -3.93. The second kappa shape index (κ2) is 12.4. The molecule has 218 valence electrons. The zero-order valence-electron chi connectivity index (χ0n) is 22.9. The molecule has 2 N–H and O–H groups in total. The molecule has 0 radical (unpaired) electrons. The summed E-state index contributed by atoms with van der Waals surface area (Å²) >= 11 is 0. The van der Waals surface area contributed by atoms with Crippen molar-refractivity contribution in [2.45, 2.75) is 62.5 Å². The standard InChI is InChI=1S/C29H38N2O8S/c1-19(2)16-31(40(34,35)22-8-9-26-21(15-22)10-12-36-26)17-25(32)24(14-20-6-4-3-5-7-20)30-29(33)39-27-18-38-28-23(27)11-13-37-28/h3-9,15,19,23-25,27-28,32H,10-14,16-18H2,1-2H3,(H,30,33)/t23?,24-,25+,27?,28?/m0/s1. The average Bonchev–Trinajstić information content (AvgIpc) is 3.66. The zero-order chi connectivity index (χ0) is 28.3. The minimum absolute atomic E-state index is 0.00850. The molecule has 3 aliphatic heterocycles. The Balaban J connectivity index is 1.33. The van der Waals surface area contributed by atoms with Gasteiger partial charge in [0.1, 0.15) is 11.9 Å². The number of hydrogen-bond acceptors (Lipinski definition) is 8. The van der Waals surface area contributed by atoms with Crippen LogP contribution >= 0.6 is 0 Å². The Morgan fingerprint density at radius 2 is 1.93 bits per heavy atom. The summed E-state index contributed by atoms with van der Waals surface area (Å²) in [5.74, 6) is 0.685. The number of nitrogens with zero attached hydrogens (tertiary/aromatic N) is 1. The number of ether oxygens (including phenoxy) is 4. The molecule has 3 aliphatic rings. The van der Waals surface area contributed by atoms with Gasteiger partial charge in [0, 0.05) is 19.5 Å². The molecule has 0 bridgehead atoms. The van der Waals surface area contributed by atoms with Gasteiger partial charge in [0.15, 0.2) is 6.29 Å². The fraction of sp³-hybridized carbons (Fsp3) is 0.552. The third-order valence-electron chi connectivity index (χ3n) is 7.57. The van der Waals surface area contributed by atoms with Crippen molar-refractivity contribution in [1.82, 2.24) is 9.62 Å². The van der Waals surface area contributed by atoms with Gasteiger partial charge in [-0.25, -0.2) is 13.2 Å². The number of amides is 1. The van der Waals surface area contributed by atoms with E-state index in [0.717, 1.165) is 17.5 Å². The first kappa shape index (κ1) is 28.8. The van der Waals surface area contributed by atoms with E-state index in [1.807, 2.05) is 44.2 Å². The second-order valence-corrected chi connectivity index (χ2v) is 13.0. The molecular formula is C29H38N2O8S. The van der Waals surface area contributed by atoms with Crippen molar-refractivity contribution >= 4 is 16.1 Å². The van der Waals surface area contributed by atoms with Crippen LogP contribution < -0.4 is 10.1 Å². The number of sulfonamides is 1. The summed E-state index contributed by atoms with van der Waals surface area (Å²) in [4.78, 5) is 13.2. The number of aliphatic hydroxyl groups is 1. The van der Waals surface area contributed by atoms with Crippen LogP contribution in [0.5, 0.6) is 5.75 Å². The molecule has 3 heterocycles. The molecule has 0 aromatic heterocycles. The van der Waals surface area contributed by atoms with E-state index in [2.05, 4.69) is 5.32 Å². The van der Waals surface area contributed by atoms with E-state index in [0.29, 0.717) is 31.8 Å². The van der Waals surface area contributed by atoms with Crippen LogP contribution in [0.15, 0.2) is 53.4 Å². The molecule has 40 heavy (non-hydrogen) atoms. The maximum absolute atomic E-state index is 13.8. The Morgan fingerprint density at radius 1 is 1.12 bits per heavy atom. The van der Waals surface area contributed by atoms with Gasteiger partial charge in [-0.1, -0.05) is 44.2 Å². The third-order valence-corrected chi connectivity index (χ3v) is 9.40. The van der Waals surface area contributed by atoms with E-state index in [1.165, 1.54) is 4.31 Å². The quantitative estimate of drug-likeness (QED) is 0.420. The molecule has 1 amide bonds. The lowest BCUT2D eigenvalue weighted by Gasteiger charge is -2.31. The van der Waals surface area contributed by atoms with Gasteiger partial charge in [0.05, 0.1) is 42.8 Å². The van der Waals surface area contributed by atoms with Crippen molar-refractivity contribution in [3.8, 4) is 5.75 Å². The number of benzene rings is 2.